The molecule has 0 spiro atoms. The van der Waals surface area contributed by atoms with Gasteiger partial charge in [0.05, 0.1) is 6.10 Å². The smallest absolute Gasteiger partial charge is 0.0758 e. The van der Waals surface area contributed by atoms with Crippen LogP contribution in [0.15, 0.2) is 30.9 Å². The molecule has 0 radical (unpaired) electrons. The highest BCUT2D eigenvalue weighted by molar-refractivity contribution is 5.31. The third-order valence-electron chi connectivity index (χ3n) is 2.21. The van der Waals surface area contributed by atoms with E-state index in [-0.39, 0.29) is 0 Å². The SMILES string of the molecule is C=CC(O)Cc1cc(C)ccc1C. The van der Waals surface area contributed by atoms with E-state index < -0.39 is 6.10 Å². The van der Waals surface area contributed by atoms with Crippen LogP contribution in [-0.2, 0) is 6.42 Å². The van der Waals surface area contributed by atoms with E-state index in [1.165, 1.54) is 16.7 Å². The number of rotatable bonds is 3. The van der Waals surface area contributed by atoms with Gasteiger partial charge in [0, 0.05) is 6.42 Å². The maximum atomic E-state index is 9.41. The number of aryl methyl sites for hydroxylation is 2. The van der Waals surface area contributed by atoms with Crippen LogP contribution >= 0.6 is 0 Å². The summed E-state index contributed by atoms with van der Waals surface area (Å²) in [5.41, 5.74) is 3.66. The van der Waals surface area contributed by atoms with E-state index in [0.29, 0.717) is 6.42 Å². The first-order valence-electron chi connectivity index (χ1n) is 4.50. The van der Waals surface area contributed by atoms with Gasteiger partial charge in [0.25, 0.3) is 0 Å². The van der Waals surface area contributed by atoms with Crippen LogP contribution in [0.5, 0.6) is 0 Å². The van der Waals surface area contributed by atoms with Crippen molar-refractivity contribution in [2.75, 3.05) is 0 Å². The van der Waals surface area contributed by atoms with Crippen LogP contribution in [0, 0.1) is 13.8 Å². The van der Waals surface area contributed by atoms with E-state index >= 15 is 0 Å². The molecule has 1 rings (SSSR count). The molecular weight excluding hydrogens is 160 g/mol. The Bertz CT molecular complexity index is 302. The Morgan fingerprint density at radius 2 is 2.15 bits per heavy atom. The lowest BCUT2D eigenvalue weighted by molar-refractivity contribution is 0.224. The van der Waals surface area contributed by atoms with Crippen molar-refractivity contribution in [2.45, 2.75) is 26.4 Å². The van der Waals surface area contributed by atoms with Gasteiger partial charge < -0.3 is 5.11 Å². The molecule has 0 heterocycles. The van der Waals surface area contributed by atoms with Gasteiger partial charge in [0.15, 0.2) is 0 Å². The van der Waals surface area contributed by atoms with E-state index in [2.05, 4.69) is 38.6 Å². The first-order chi connectivity index (χ1) is 6.13. The van der Waals surface area contributed by atoms with Crippen molar-refractivity contribution in [1.29, 1.82) is 0 Å². The molecule has 0 amide bonds. The Labute approximate surface area is 79.7 Å². The van der Waals surface area contributed by atoms with Crippen LogP contribution in [0.3, 0.4) is 0 Å². The second-order valence-electron chi connectivity index (χ2n) is 3.44. The third-order valence-corrected chi connectivity index (χ3v) is 2.21. The van der Waals surface area contributed by atoms with E-state index in [9.17, 15) is 5.11 Å². The molecule has 70 valence electrons. The normalized spacial score (nSPS) is 12.5. The summed E-state index contributed by atoms with van der Waals surface area (Å²) in [6.07, 6.45) is 1.80. The van der Waals surface area contributed by atoms with Crippen molar-refractivity contribution in [3.8, 4) is 0 Å². The molecule has 0 aromatic heterocycles. The lowest BCUT2D eigenvalue weighted by atomic mass is 10.0. The van der Waals surface area contributed by atoms with Crippen LogP contribution in [0.2, 0.25) is 0 Å². The monoisotopic (exact) mass is 176 g/mol. The van der Waals surface area contributed by atoms with Crippen molar-refractivity contribution in [2.24, 2.45) is 0 Å². The molecule has 0 aliphatic heterocycles. The second kappa shape index (κ2) is 4.24. The minimum Gasteiger partial charge on any atom is -0.389 e. The molecule has 1 heteroatoms. The van der Waals surface area contributed by atoms with Gasteiger partial charge in [-0.05, 0) is 25.0 Å². The van der Waals surface area contributed by atoms with Gasteiger partial charge in [0.2, 0.25) is 0 Å². The van der Waals surface area contributed by atoms with Crippen LogP contribution in [0.25, 0.3) is 0 Å². The van der Waals surface area contributed by atoms with Crippen LogP contribution in [0.1, 0.15) is 16.7 Å². The highest BCUT2D eigenvalue weighted by Crippen LogP contribution is 2.12. The summed E-state index contributed by atoms with van der Waals surface area (Å²) in [6.45, 7) is 7.68. The van der Waals surface area contributed by atoms with Crippen molar-refractivity contribution in [3.05, 3.63) is 47.5 Å². The molecular formula is C12H16O. The molecule has 1 aromatic carbocycles. The second-order valence-corrected chi connectivity index (χ2v) is 3.44. The summed E-state index contributed by atoms with van der Waals surface area (Å²) < 4.78 is 0. The number of aliphatic hydroxyl groups is 1. The van der Waals surface area contributed by atoms with Gasteiger partial charge in [-0.3, -0.25) is 0 Å². The van der Waals surface area contributed by atoms with Gasteiger partial charge in [-0.25, -0.2) is 0 Å². The predicted octanol–water partition coefficient (Wildman–Crippen LogP) is 2.39. The summed E-state index contributed by atoms with van der Waals surface area (Å²) in [7, 11) is 0. The molecule has 1 N–H and O–H groups in total. The van der Waals surface area contributed by atoms with E-state index in [1.807, 2.05) is 0 Å². The summed E-state index contributed by atoms with van der Waals surface area (Å²) in [6, 6.07) is 6.28. The lowest BCUT2D eigenvalue weighted by Crippen LogP contribution is -2.07. The first-order valence-corrected chi connectivity index (χ1v) is 4.50. The lowest BCUT2D eigenvalue weighted by Gasteiger charge is -2.09. The molecule has 13 heavy (non-hydrogen) atoms. The molecule has 1 unspecified atom stereocenters. The Balaban J connectivity index is 2.86. The topological polar surface area (TPSA) is 20.2 Å². The zero-order valence-electron chi connectivity index (χ0n) is 8.25. The highest BCUT2D eigenvalue weighted by Gasteiger charge is 2.03. The molecule has 1 aromatic rings. The molecule has 0 bridgehead atoms. The molecule has 0 aliphatic rings. The Kier molecular flexibility index (Phi) is 3.26. The molecule has 0 saturated carbocycles. The number of hydrogen-bond acceptors (Lipinski definition) is 1. The molecule has 0 saturated heterocycles. The Morgan fingerprint density at radius 1 is 1.46 bits per heavy atom. The van der Waals surface area contributed by atoms with Crippen molar-refractivity contribution in [3.63, 3.8) is 0 Å². The standard InChI is InChI=1S/C12H16O/c1-4-12(13)8-11-7-9(2)5-6-10(11)3/h4-7,12-13H,1,8H2,2-3H3. The zero-order valence-corrected chi connectivity index (χ0v) is 8.25. The van der Waals surface area contributed by atoms with Crippen molar-refractivity contribution < 1.29 is 5.11 Å². The molecule has 1 atom stereocenters. The molecule has 1 nitrogen and oxygen atoms in total. The summed E-state index contributed by atoms with van der Waals surface area (Å²) >= 11 is 0. The maximum absolute atomic E-state index is 9.41. The number of aliphatic hydroxyl groups excluding tert-OH is 1. The highest BCUT2D eigenvalue weighted by atomic mass is 16.3. The summed E-state index contributed by atoms with van der Waals surface area (Å²) in [5.74, 6) is 0. The fourth-order valence-corrected chi connectivity index (χ4v) is 1.33. The molecule has 0 fully saturated rings. The maximum Gasteiger partial charge on any atom is 0.0758 e. The quantitative estimate of drug-likeness (QED) is 0.701. The van der Waals surface area contributed by atoms with E-state index in [1.54, 1.807) is 6.08 Å². The van der Waals surface area contributed by atoms with Crippen LogP contribution < -0.4 is 0 Å². The predicted molar refractivity (Wildman–Crippen MR) is 55.8 cm³/mol. The number of hydrogen-bond donors (Lipinski definition) is 1. The first kappa shape index (κ1) is 10.0. The van der Waals surface area contributed by atoms with E-state index in [4.69, 9.17) is 0 Å². The van der Waals surface area contributed by atoms with Gasteiger partial charge in [-0.15, -0.1) is 6.58 Å². The molecule has 0 aliphatic carbocycles. The Morgan fingerprint density at radius 3 is 2.77 bits per heavy atom. The minimum atomic E-state index is -0.430. The number of benzene rings is 1. The van der Waals surface area contributed by atoms with Crippen LogP contribution in [0.4, 0.5) is 0 Å². The average molecular weight is 176 g/mol. The van der Waals surface area contributed by atoms with E-state index in [0.717, 1.165) is 0 Å². The van der Waals surface area contributed by atoms with Crippen molar-refractivity contribution in [1.82, 2.24) is 0 Å². The van der Waals surface area contributed by atoms with Crippen molar-refractivity contribution >= 4 is 0 Å². The largest absolute Gasteiger partial charge is 0.389 e. The van der Waals surface area contributed by atoms with Gasteiger partial charge in [0.1, 0.15) is 0 Å². The van der Waals surface area contributed by atoms with Gasteiger partial charge in [-0.1, -0.05) is 29.8 Å². The third kappa shape index (κ3) is 2.71. The average Bonchev–Trinajstić information content (AvgIpc) is 2.11. The fourth-order valence-electron chi connectivity index (χ4n) is 1.33. The van der Waals surface area contributed by atoms with Crippen LogP contribution in [-0.4, -0.2) is 11.2 Å². The summed E-state index contributed by atoms with van der Waals surface area (Å²) in [4.78, 5) is 0. The fraction of sp³-hybridized carbons (Fsp3) is 0.333. The summed E-state index contributed by atoms with van der Waals surface area (Å²) in [5, 5.41) is 9.41. The Hall–Kier alpha value is -1.08. The van der Waals surface area contributed by atoms with Gasteiger partial charge in [-0.2, -0.15) is 0 Å². The zero-order chi connectivity index (χ0) is 9.84. The minimum absolute atomic E-state index is 0.430. The van der Waals surface area contributed by atoms with Gasteiger partial charge >= 0.3 is 0 Å².